The molecule has 0 spiro atoms. The Labute approximate surface area is 173 Å². The molecule has 2 saturated heterocycles. The number of hydrogen-bond donors (Lipinski definition) is 1. The molecule has 2 aliphatic rings. The van der Waals surface area contributed by atoms with Gasteiger partial charge in [-0.25, -0.2) is 4.98 Å². The van der Waals surface area contributed by atoms with Crippen molar-refractivity contribution in [2.75, 3.05) is 52.5 Å². The van der Waals surface area contributed by atoms with Gasteiger partial charge in [0.05, 0.1) is 19.1 Å². The minimum atomic E-state index is -0.0875. The lowest BCUT2D eigenvalue weighted by atomic mass is 9.96. The Bertz CT molecular complexity index is 656. The monoisotopic (exact) mass is 405 g/mol. The van der Waals surface area contributed by atoms with Crippen LogP contribution in [0.25, 0.3) is 0 Å². The van der Waals surface area contributed by atoms with Crippen molar-refractivity contribution in [3.63, 3.8) is 0 Å². The summed E-state index contributed by atoms with van der Waals surface area (Å²) in [6, 6.07) is 0. The first-order chi connectivity index (χ1) is 14.2. The predicted octanol–water partition coefficient (Wildman–Crippen LogP) is 0.913. The molecule has 1 aromatic heterocycles. The van der Waals surface area contributed by atoms with E-state index < -0.39 is 0 Å². The smallest absolute Gasteiger partial charge is 0.224 e. The number of imidazole rings is 1. The van der Waals surface area contributed by atoms with Crippen LogP contribution in [0.3, 0.4) is 0 Å². The molecule has 0 aromatic carbocycles. The molecule has 2 fully saturated rings. The highest BCUT2D eigenvalue weighted by atomic mass is 16.5. The number of carbonyl (C=O) groups is 2. The van der Waals surface area contributed by atoms with Gasteiger partial charge in [-0.2, -0.15) is 0 Å². The molecule has 0 aliphatic carbocycles. The van der Waals surface area contributed by atoms with Crippen LogP contribution in [-0.4, -0.2) is 83.6 Å². The number of aryl methyl sites for hydroxylation is 2. The predicted molar refractivity (Wildman–Crippen MR) is 110 cm³/mol. The molecule has 3 heterocycles. The van der Waals surface area contributed by atoms with Gasteiger partial charge in [0.1, 0.15) is 5.82 Å². The second-order valence-electron chi connectivity index (χ2n) is 7.92. The summed E-state index contributed by atoms with van der Waals surface area (Å²) in [5.74, 6) is 1.26. The number of likely N-dealkylation sites (tertiary alicyclic amines) is 1. The summed E-state index contributed by atoms with van der Waals surface area (Å²) in [4.78, 5) is 33.4. The van der Waals surface area contributed by atoms with Crippen molar-refractivity contribution < 1.29 is 14.3 Å². The zero-order valence-electron chi connectivity index (χ0n) is 17.6. The lowest BCUT2D eigenvalue weighted by Crippen LogP contribution is -2.47. The van der Waals surface area contributed by atoms with Crippen LogP contribution in [0, 0.1) is 5.92 Å². The molecule has 0 radical (unpaired) electrons. The summed E-state index contributed by atoms with van der Waals surface area (Å²) in [5, 5.41) is 3.06. The average molecular weight is 406 g/mol. The van der Waals surface area contributed by atoms with Crippen LogP contribution >= 0.6 is 0 Å². The van der Waals surface area contributed by atoms with Gasteiger partial charge in [-0.15, -0.1) is 0 Å². The molecule has 2 aliphatic heterocycles. The van der Waals surface area contributed by atoms with Gasteiger partial charge < -0.3 is 19.5 Å². The number of aromatic nitrogens is 2. The van der Waals surface area contributed by atoms with Crippen molar-refractivity contribution in [1.29, 1.82) is 0 Å². The Morgan fingerprint density at radius 2 is 2.07 bits per heavy atom. The van der Waals surface area contributed by atoms with Crippen LogP contribution in [0.4, 0.5) is 0 Å². The van der Waals surface area contributed by atoms with Crippen molar-refractivity contribution in [2.24, 2.45) is 5.92 Å². The molecule has 1 N–H and O–H groups in total. The van der Waals surface area contributed by atoms with Crippen LogP contribution in [-0.2, 0) is 27.3 Å². The van der Waals surface area contributed by atoms with Gasteiger partial charge >= 0.3 is 0 Å². The molecular formula is C21H35N5O3. The minimum Gasteiger partial charge on any atom is -0.379 e. The molecule has 3 rings (SSSR count). The quantitative estimate of drug-likeness (QED) is 0.586. The molecule has 0 unspecified atom stereocenters. The van der Waals surface area contributed by atoms with E-state index in [4.69, 9.17) is 4.74 Å². The molecule has 1 atom stereocenters. The summed E-state index contributed by atoms with van der Waals surface area (Å²) in [7, 11) is 0. The first-order valence-corrected chi connectivity index (χ1v) is 11.0. The number of piperidine rings is 1. The standard InChI is InChI=1S/C21H35N5O3/c1-2-19-22-8-12-25(19)10-3-7-23-21(28)18-5-6-20(27)26(17-18)11-4-9-24-13-15-29-16-14-24/h8,12,18H,2-7,9-11,13-17H2,1H3,(H,23,28)/t18-/m0/s1. The SMILES string of the molecule is CCc1nccn1CCCNC(=O)[C@H]1CCC(=O)N(CCCN2CCOCC2)C1. The zero-order valence-corrected chi connectivity index (χ0v) is 17.6. The third-order valence-electron chi connectivity index (χ3n) is 5.87. The first kappa shape index (κ1) is 21.8. The lowest BCUT2D eigenvalue weighted by Gasteiger charge is -2.33. The molecule has 2 amide bonds. The summed E-state index contributed by atoms with van der Waals surface area (Å²) >= 11 is 0. The van der Waals surface area contributed by atoms with E-state index in [0.29, 0.717) is 25.9 Å². The van der Waals surface area contributed by atoms with Gasteiger partial charge in [0.25, 0.3) is 0 Å². The third-order valence-corrected chi connectivity index (χ3v) is 5.87. The zero-order chi connectivity index (χ0) is 20.5. The number of hydrogen-bond acceptors (Lipinski definition) is 5. The van der Waals surface area contributed by atoms with Crippen LogP contribution < -0.4 is 5.32 Å². The Hall–Kier alpha value is -1.93. The molecule has 8 heteroatoms. The van der Waals surface area contributed by atoms with Crippen LogP contribution in [0.2, 0.25) is 0 Å². The molecule has 162 valence electrons. The van der Waals surface area contributed by atoms with Gasteiger partial charge in [-0.3, -0.25) is 14.5 Å². The highest BCUT2D eigenvalue weighted by Gasteiger charge is 2.29. The second-order valence-corrected chi connectivity index (χ2v) is 7.92. The molecule has 0 bridgehead atoms. The van der Waals surface area contributed by atoms with Crippen molar-refractivity contribution in [3.8, 4) is 0 Å². The number of rotatable bonds is 10. The van der Waals surface area contributed by atoms with E-state index in [1.807, 2.05) is 17.3 Å². The van der Waals surface area contributed by atoms with Gasteiger partial charge in [0.2, 0.25) is 11.8 Å². The van der Waals surface area contributed by atoms with E-state index in [9.17, 15) is 9.59 Å². The molecule has 8 nitrogen and oxygen atoms in total. The maximum absolute atomic E-state index is 12.6. The Balaban J connectivity index is 1.34. The molecular weight excluding hydrogens is 370 g/mol. The summed E-state index contributed by atoms with van der Waals surface area (Å²) in [6.07, 6.45) is 7.69. The van der Waals surface area contributed by atoms with Crippen LogP contribution in [0.1, 0.15) is 38.4 Å². The van der Waals surface area contributed by atoms with Crippen molar-refractivity contribution in [2.45, 2.75) is 45.6 Å². The van der Waals surface area contributed by atoms with Crippen LogP contribution in [0.15, 0.2) is 12.4 Å². The Morgan fingerprint density at radius 3 is 2.86 bits per heavy atom. The Kier molecular flexibility index (Phi) is 8.49. The summed E-state index contributed by atoms with van der Waals surface area (Å²) in [6.45, 7) is 9.42. The van der Waals surface area contributed by atoms with E-state index in [1.165, 1.54) is 0 Å². The minimum absolute atomic E-state index is 0.0806. The fraction of sp³-hybridized carbons (Fsp3) is 0.762. The number of morpholine rings is 1. The largest absolute Gasteiger partial charge is 0.379 e. The van der Waals surface area contributed by atoms with Gasteiger partial charge in [-0.1, -0.05) is 6.92 Å². The Morgan fingerprint density at radius 1 is 1.24 bits per heavy atom. The molecule has 0 saturated carbocycles. The number of carbonyl (C=O) groups excluding carboxylic acids is 2. The van der Waals surface area contributed by atoms with E-state index in [0.717, 1.165) is 71.0 Å². The number of nitrogens with zero attached hydrogens (tertiary/aromatic N) is 4. The molecule has 29 heavy (non-hydrogen) atoms. The molecule has 1 aromatic rings. The van der Waals surface area contributed by atoms with Crippen LogP contribution in [0.5, 0.6) is 0 Å². The maximum Gasteiger partial charge on any atom is 0.224 e. The highest BCUT2D eigenvalue weighted by Crippen LogP contribution is 2.18. The fourth-order valence-corrected chi connectivity index (χ4v) is 4.12. The van der Waals surface area contributed by atoms with E-state index in [-0.39, 0.29) is 17.7 Å². The summed E-state index contributed by atoms with van der Waals surface area (Å²) in [5.41, 5.74) is 0. The van der Waals surface area contributed by atoms with Crippen molar-refractivity contribution in [3.05, 3.63) is 18.2 Å². The normalized spacial score (nSPS) is 20.8. The second kappa shape index (κ2) is 11.3. The number of ether oxygens (including phenoxy) is 1. The van der Waals surface area contributed by atoms with Crippen molar-refractivity contribution in [1.82, 2.24) is 24.7 Å². The van der Waals surface area contributed by atoms with Gasteiger partial charge in [0.15, 0.2) is 0 Å². The average Bonchev–Trinajstić information content (AvgIpc) is 3.20. The van der Waals surface area contributed by atoms with Gasteiger partial charge in [0, 0.05) is 71.0 Å². The fourth-order valence-electron chi connectivity index (χ4n) is 4.12. The van der Waals surface area contributed by atoms with E-state index in [1.54, 1.807) is 0 Å². The first-order valence-electron chi connectivity index (χ1n) is 11.0. The topological polar surface area (TPSA) is 79.7 Å². The highest BCUT2D eigenvalue weighted by molar-refractivity contribution is 5.83. The maximum atomic E-state index is 12.6. The van der Waals surface area contributed by atoms with E-state index >= 15 is 0 Å². The summed E-state index contributed by atoms with van der Waals surface area (Å²) < 4.78 is 7.51. The lowest BCUT2D eigenvalue weighted by molar-refractivity contribution is -0.138. The van der Waals surface area contributed by atoms with Gasteiger partial charge in [-0.05, 0) is 19.3 Å². The van der Waals surface area contributed by atoms with Crippen molar-refractivity contribution >= 4 is 11.8 Å². The third kappa shape index (κ3) is 6.54. The number of nitrogens with one attached hydrogen (secondary N) is 1. The number of amides is 2. The van der Waals surface area contributed by atoms with E-state index in [2.05, 4.69) is 26.7 Å².